The number of fused-ring (bicyclic) bond motifs is 2. The van der Waals surface area contributed by atoms with Crippen LogP contribution in [0.3, 0.4) is 0 Å². The number of anilines is 1. The standard InChI is InChI=1S/C33H29ClN2O6S/c1-3-4-5-6-16-41-22-13-10-19(11-14-22)28-27(29(37)25-17-20-8-7-9-24(40-2)31(20)42-25)30(38)32(39)36(28)33-35-23-15-12-21(34)18-26(23)43-33/h7-15,17-18,28,38H,3-6,16H2,1-2H3. The van der Waals surface area contributed by atoms with Gasteiger partial charge in [-0.3, -0.25) is 14.5 Å². The number of benzene rings is 3. The number of hydrogen-bond donors (Lipinski definition) is 1. The predicted octanol–water partition coefficient (Wildman–Crippen LogP) is 8.45. The van der Waals surface area contributed by atoms with Crippen molar-refractivity contribution in [2.45, 2.75) is 38.6 Å². The van der Waals surface area contributed by atoms with Crippen molar-refractivity contribution in [3.63, 3.8) is 0 Å². The number of methoxy groups -OCH3 is 1. The van der Waals surface area contributed by atoms with Gasteiger partial charge >= 0.3 is 0 Å². The number of carbonyl (C=O) groups is 2. The molecule has 0 aliphatic carbocycles. The van der Waals surface area contributed by atoms with Gasteiger partial charge in [-0.1, -0.05) is 73.4 Å². The van der Waals surface area contributed by atoms with Gasteiger partial charge in [-0.2, -0.15) is 0 Å². The molecular formula is C33H29ClN2O6S. The molecule has 0 radical (unpaired) electrons. The molecule has 1 aliphatic rings. The summed E-state index contributed by atoms with van der Waals surface area (Å²) in [5, 5.41) is 12.7. The van der Waals surface area contributed by atoms with Crippen LogP contribution >= 0.6 is 22.9 Å². The molecule has 1 aliphatic heterocycles. The first-order chi connectivity index (χ1) is 20.9. The average molecular weight is 617 g/mol. The Morgan fingerprint density at radius 2 is 1.91 bits per heavy atom. The second-order valence-corrected chi connectivity index (χ2v) is 11.7. The van der Waals surface area contributed by atoms with Crippen LogP contribution in [0.2, 0.25) is 5.02 Å². The Morgan fingerprint density at radius 1 is 1.09 bits per heavy atom. The average Bonchev–Trinajstić information content (AvgIpc) is 3.71. The lowest BCUT2D eigenvalue weighted by atomic mass is 9.95. The van der Waals surface area contributed by atoms with Crippen LogP contribution in [0.1, 0.15) is 54.8 Å². The number of halogens is 1. The molecule has 220 valence electrons. The lowest BCUT2D eigenvalue weighted by Gasteiger charge is -2.24. The van der Waals surface area contributed by atoms with Gasteiger partial charge in [0.15, 0.2) is 28.0 Å². The highest BCUT2D eigenvalue weighted by molar-refractivity contribution is 7.22. The zero-order valence-corrected chi connectivity index (χ0v) is 25.2. The zero-order valence-electron chi connectivity index (χ0n) is 23.6. The highest BCUT2D eigenvalue weighted by Gasteiger charge is 2.46. The van der Waals surface area contributed by atoms with E-state index in [1.54, 1.807) is 66.7 Å². The van der Waals surface area contributed by atoms with Gasteiger partial charge < -0.3 is 19.0 Å². The number of aromatic nitrogens is 1. The van der Waals surface area contributed by atoms with E-state index in [1.807, 2.05) is 0 Å². The van der Waals surface area contributed by atoms with Crippen molar-refractivity contribution in [1.82, 2.24) is 4.98 Å². The minimum absolute atomic E-state index is 0.0242. The van der Waals surface area contributed by atoms with E-state index < -0.39 is 23.5 Å². The maximum absolute atomic E-state index is 14.1. The summed E-state index contributed by atoms with van der Waals surface area (Å²) < 4.78 is 18.0. The number of para-hydroxylation sites is 1. The number of nitrogens with zero attached hydrogens (tertiary/aromatic N) is 2. The minimum Gasteiger partial charge on any atom is -0.503 e. The molecule has 5 aromatic rings. The van der Waals surface area contributed by atoms with E-state index in [2.05, 4.69) is 11.9 Å². The number of aliphatic hydroxyl groups excluding tert-OH is 1. The second-order valence-electron chi connectivity index (χ2n) is 10.2. The van der Waals surface area contributed by atoms with Crippen LogP contribution in [-0.2, 0) is 4.79 Å². The number of unbranched alkanes of at least 4 members (excludes halogenated alkanes) is 3. The van der Waals surface area contributed by atoms with Gasteiger partial charge in [-0.25, -0.2) is 4.98 Å². The molecule has 3 heterocycles. The van der Waals surface area contributed by atoms with Crippen LogP contribution in [0.15, 0.2) is 82.5 Å². The molecule has 6 rings (SSSR count). The first-order valence-corrected chi connectivity index (χ1v) is 15.3. The van der Waals surface area contributed by atoms with Crippen molar-refractivity contribution in [2.24, 2.45) is 0 Å². The van der Waals surface area contributed by atoms with Crippen molar-refractivity contribution in [1.29, 1.82) is 0 Å². The highest BCUT2D eigenvalue weighted by Crippen LogP contribution is 2.45. The topological polar surface area (TPSA) is 102 Å². The van der Waals surface area contributed by atoms with E-state index in [1.165, 1.54) is 23.3 Å². The fourth-order valence-electron chi connectivity index (χ4n) is 5.25. The molecule has 10 heteroatoms. The number of Topliss-reactive ketones (excluding diaryl/α,β-unsaturated/α-hetero) is 1. The van der Waals surface area contributed by atoms with Gasteiger partial charge in [0.25, 0.3) is 5.91 Å². The summed E-state index contributed by atoms with van der Waals surface area (Å²) in [5.74, 6) is -0.884. The molecule has 1 N–H and O–H groups in total. The molecule has 0 fully saturated rings. The molecule has 0 saturated heterocycles. The van der Waals surface area contributed by atoms with E-state index in [4.69, 9.17) is 25.5 Å². The molecule has 0 spiro atoms. The van der Waals surface area contributed by atoms with Gasteiger partial charge in [-0.15, -0.1) is 0 Å². The Kier molecular flexibility index (Phi) is 8.10. The Labute approximate surface area is 257 Å². The molecule has 0 bridgehead atoms. The summed E-state index contributed by atoms with van der Waals surface area (Å²) >= 11 is 7.45. The van der Waals surface area contributed by atoms with Crippen LogP contribution < -0.4 is 14.4 Å². The van der Waals surface area contributed by atoms with E-state index >= 15 is 0 Å². The van der Waals surface area contributed by atoms with Crippen LogP contribution in [0, 0.1) is 0 Å². The number of amides is 1. The molecule has 1 unspecified atom stereocenters. The van der Waals surface area contributed by atoms with Crippen LogP contribution in [0.25, 0.3) is 21.2 Å². The number of thiazole rings is 1. The largest absolute Gasteiger partial charge is 0.503 e. The highest BCUT2D eigenvalue weighted by atomic mass is 35.5. The third-order valence-electron chi connectivity index (χ3n) is 7.41. The smallest absolute Gasteiger partial charge is 0.296 e. The van der Waals surface area contributed by atoms with E-state index in [-0.39, 0.29) is 11.3 Å². The van der Waals surface area contributed by atoms with Crippen LogP contribution in [0.4, 0.5) is 5.13 Å². The number of ether oxygens (including phenoxy) is 2. The third-order valence-corrected chi connectivity index (χ3v) is 8.66. The normalized spacial score (nSPS) is 15.2. The van der Waals surface area contributed by atoms with E-state index in [0.717, 1.165) is 30.4 Å². The van der Waals surface area contributed by atoms with Crippen molar-refractivity contribution in [3.05, 3.63) is 94.4 Å². The molecule has 2 aromatic heterocycles. The molecule has 3 aromatic carbocycles. The van der Waals surface area contributed by atoms with Crippen molar-refractivity contribution < 1.29 is 28.6 Å². The third kappa shape index (κ3) is 5.46. The SMILES string of the molecule is CCCCCCOc1ccc(C2C(C(=O)c3cc4cccc(OC)c4o3)=C(O)C(=O)N2c2nc3ccc(Cl)cc3s2)cc1. The van der Waals surface area contributed by atoms with Crippen molar-refractivity contribution in [2.75, 3.05) is 18.6 Å². The number of ketones is 1. The summed E-state index contributed by atoms with van der Waals surface area (Å²) in [7, 11) is 1.51. The van der Waals surface area contributed by atoms with Gasteiger partial charge in [0.05, 0.1) is 35.5 Å². The fourth-order valence-corrected chi connectivity index (χ4v) is 6.51. The molecule has 43 heavy (non-hydrogen) atoms. The Hall–Kier alpha value is -4.34. The zero-order chi connectivity index (χ0) is 30.1. The van der Waals surface area contributed by atoms with Gasteiger partial charge in [0.2, 0.25) is 5.78 Å². The molecule has 8 nitrogen and oxygen atoms in total. The fraction of sp³-hybridized carbons (Fsp3) is 0.242. The maximum Gasteiger partial charge on any atom is 0.296 e. The summed E-state index contributed by atoms with van der Waals surface area (Å²) in [6.07, 6.45) is 4.37. The van der Waals surface area contributed by atoms with Gasteiger partial charge in [-0.05, 0) is 54.4 Å². The minimum atomic E-state index is -0.968. The number of hydrogen-bond acceptors (Lipinski definition) is 8. The monoisotopic (exact) mass is 616 g/mol. The summed E-state index contributed by atoms with van der Waals surface area (Å²) in [6, 6.07) is 18.4. The molecule has 1 atom stereocenters. The molecule has 0 saturated carbocycles. The van der Waals surface area contributed by atoms with Gasteiger partial charge in [0.1, 0.15) is 5.75 Å². The number of rotatable bonds is 11. The number of carbonyl (C=O) groups excluding carboxylic acids is 2. The van der Waals surface area contributed by atoms with Crippen molar-refractivity contribution in [3.8, 4) is 11.5 Å². The summed E-state index contributed by atoms with van der Waals surface area (Å²) in [6.45, 7) is 2.76. The Bertz CT molecular complexity index is 1860. The number of furan rings is 1. The maximum atomic E-state index is 14.1. The van der Waals surface area contributed by atoms with E-state index in [0.29, 0.717) is 50.3 Å². The van der Waals surface area contributed by atoms with Gasteiger partial charge in [0, 0.05) is 10.4 Å². The first kappa shape index (κ1) is 28.8. The molecular weight excluding hydrogens is 588 g/mol. The lowest BCUT2D eigenvalue weighted by Crippen LogP contribution is -2.30. The van der Waals surface area contributed by atoms with E-state index in [9.17, 15) is 14.7 Å². The quantitative estimate of drug-likeness (QED) is 0.117. The Balaban J connectivity index is 1.40. The second kappa shape index (κ2) is 12.1. The predicted molar refractivity (Wildman–Crippen MR) is 168 cm³/mol. The summed E-state index contributed by atoms with van der Waals surface area (Å²) in [4.78, 5) is 33.7. The molecule has 1 amide bonds. The lowest BCUT2D eigenvalue weighted by molar-refractivity contribution is -0.117. The van der Waals surface area contributed by atoms with Crippen LogP contribution in [-0.4, -0.2) is 35.5 Å². The first-order valence-electron chi connectivity index (χ1n) is 14.1. The van der Waals surface area contributed by atoms with Crippen LogP contribution in [0.5, 0.6) is 11.5 Å². The Morgan fingerprint density at radius 3 is 2.67 bits per heavy atom. The number of aliphatic hydroxyl groups is 1. The summed E-state index contributed by atoms with van der Waals surface area (Å²) in [5.41, 5.74) is 1.54. The van der Waals surface area contributed by atoms with Crippen molar-refractivity contribution >= 4 is 60.9 Å².